The average molecular weight is 536 g/mol. The van der Waals surface area contributed by atoms with Crippen molar-refractivity contribution < 1.29 is 26.7 Å². The zero-order chi connectivity index (χ0) is 26.1. The van der Waals surface area contributed by atoms with Crippen LogP contribution in [0.3, 0.4) is 0 Å². The maximum absolute atomic E-state index is 13.9. The monoisotopic (exact) mass is 535 g/mol. The first-order chi connectivity index (χ1) is 17.1. The minimum atomic E-state index is -3.86. The molecule has 1 heterocycles. The summed E-state index contributed by atoms with van der Waals surface area (Å²) < 4.78 is 59.2. The normalized spacial score (nSPS) is 22.8. The van der Waals surface area contributed by atoms with Crippen molar-refractivity contribution in [3.8, 4) is 5.75 Å². The van der Waals surface area contributed by atoms with Gasteiger partial charge in [0.05, 0.1) is 28.5 Å². The van der Waals surface area contributed by atoms with Gasteiger partial charge in [0.15, 0.2) is 0 Å². The fourth-order valence-electron chi connectivity index (χ4n) is 5.43. The molecule has 1 atom stereocenters. The topological polar surface area (TPSA) is 101 Å². The van der Waals surface area contributed by atoms with E-state index in [1.54, 1.807) is 16.4 Å². The van der Waals surface area contributed by atoms with E-state index in [0.29, 0.717) is 43.4 Å². The summed E-state index contributed by atoms with van der Waals surface area (Å²) in [5, 5.41) is 9.70. The minimum absolute atomic E-state index is 0.130. The number of aliphatic hydroxyl groups is 1. The Hall–Kier alpha value is -2.10. The molecule has 0 radical (unpaired) electrons. The molecule has 1 aliphatic heterocycles. The summed E-state index contributed by atoms with van der Waals surface area (Å²) in [4.78, 5) is 0.130. The Morgan fingerprint density at radius 3 is 2.31 bits per heavy atom. The van der Waals surface area contributed by atoms with Crippen LogP contribution in [0.4, 0.5) is 5.69 Å². The van der Waals surface area contributed by atoms with Gasteiger partial charge in [-0.2, -0.15) is 0 Å². The van der Waals surface area contributed by atoms with Crippen molar-refractivity contribution in [1.29, 1.82) is 0 Å². The zero-order valence-electron chi connectivity index (χ0n) is 21.3. The number of anilines is 1. The highest BCUT2D eigenvalue weighted by Gasteiger charge is 2.36. The summed E-state index contributed by atoms with van der Waals surface area (Å²) in [6, 6.07) is 10.6. The Morgan fingerprint density at radius 2 is 1.69 bits per heavy atom. The van der Waals surface area contributed by atoms with Gasteiger partial charge in [0.25, 0.3) is 10.0 Å². The molecule has 0 amide bonds. The molecule has 0 spiro atoms. The number of hydrogen-bond acceptors (Lipinski definition) is 6. The molecule has 1 saturated carbocycles. The molecule has 9 heteroatoms. The van der Waals surface area contributed by atoms with Crippen LogP contribution < -0.4 is 9.04 Å². The van der Waals surface area contributed by atoms with Gasteiger partial charge < -0.3 is 9.84 Å². The first-order valence-electron chi connectivity index (χ1n) is 12.8. The molecular weight excluding hydrogens is 498 g/mol. The minimum Gasteiger partial charge on any atom is -0.490 e. The Bertz CT molecular complexity index is 1300. The van der Waals surface area contributed by atoms with Crippen LogP contribution in [0.1, 0.15) is 69.1 Å². The first-order valence-corrected chi connectivity index (χ1v) is 16.2. The third-order valence-electron chi connectivity index (χ3n) is 7.62. The van der Waals surface area contributed by atoms with Crippen LogP contribution in [0, 0.1) is 0 Å². The fraction of sp³-hybridized carbons (Fsp3) is 0.556. The quantitative estimate of drug-likeness (QED) is 0.538. The standard InChI is InChI=1S/C27H37NO6S2/c1-4-19-6-14-26-20(16-19)7-8-22(5-2)28(26)36(32,33)25-13-15-27(21(17-25)18-29)34-23-9-11-24(12-10-23)35(3,30)31/h6,13-17,22-24,29H,4-5,7-12,18H2,1-3H3. The van der Waals surface area contributed by atoms with Crippen LogP contribution in [-0.4, -0.2) is 45.6 Å². The summed E-state index contributed by atoms with van der Waals surface area (Å²) in [6.45, 7) is 3.74. The molecule has 198 valence electrons. The maximum atomic E-state index is 13.9. The Labute approximate surface area is 215 Å². The van der Waals surface area contributed by atoms with E-state index in [2.05, 4.69) is 13.0 Å². The van der Waals surface area contributed by atoms with Crippen molar-refractivity contribution >= 4 is 25.5 Å². The summed E-state index contributed by atoms with van der Waals surface area (Å²) in [6.07, 6.45) is 6.61. The van der Waals surface area contributed by atoms with Crippen molar-refractivity contribution in [1.82, 2.24) is 0 Å². The lowest BCUT2D eigenvalue weighted by atomic mass is 9.94. The second kappa shape index (κ2) is 10.7. The number of ether oxygens (including phenoxy) is 1. The van der Waals surface area contributed by atoms with Crippen molar-refractivity contribution in [2.24, 2.45) is 0 Å². The average Bonchev–Trinajstić information content (AvgIpc) is 2.87. The van der Waals surface area contributed by atoms with Gasteiger partial charge in [-0.3, -0.25) is 4.31 Å². The number of benzene rings is 2. The van der Waals surface area contributed by atoms with Crippen LogP contribution in [0.25, 0.3) is 0 Å². The zero-order valence-corrected chi connectivity index (χ0v) is 22.9. The predicted molar refractivity (Wildman–Crippen MR) is 142 cm³/mol. The molecule has 1 N–H and O–H groups in total. The molecule has 2 aromatic rings. The Kier molecular flexibility index (Phi) is 8.02. The third kappa shape index (κ3) is 5.43. The molecule has 0 aromatic heterocycles. The molecule has 0 bridgehead atoms. The highest BCUT2D eigenvalue weighted by atomic mass is 32.2. The lowest BCUT2D eigenvalue weighted by Crippen LogP contribution is -2.43. The second-order valence-corrected chi connectivity index (χ2v) is 14.1. The molecule has 36 heavy (non-hydrogen) atoms. The van der Waals surface area contributed by atoms with Gasteiger partial charge >= 0.3 is 0 Å². The highest BCUT2D eigenvalue weighted by Crippen LogP contribution is 2.38. The number of hydrogen-bond donors (Lipinski definition) is 1. The fourth-order valence-corrected chi connectivity index (χ4v) is 8.40. The number of fused-ring (bicyclic) bond motifs is 1. The van der Waals surface area contributed by atoms with Gasteiger partial charge in [-0.25, -0.2) is 16.8 Å². The smallest absolute Gasteiger partial charge is 0.264 e. The Morgan fingerprint density at radius 1 is 0.972 bits per heavy atom. The lowest BCUT2D eigenvalue weighted by Gasteiger charge is -2.38. The number of sulfonamides is 1. The van der Waals surface area contributed by atoms with E-state index in [0.717, 1.165) is 30.5 Å². The van der Waals surface area contributed by atoms with Crippen LogP contribution in [0.5, 0.6) is 5.75 Å². The number of nitrogens with zero attached hydrogens (tertiary/aromatic N) is 1. The first kappa shape index (κ1) is 26.9. The van der Waals surface area contributed by atoms with E-state index in [1.807, 2.05) is 19.1 Å². The molecule has 7 nitrogen and oxygen atoms in total. The van der Waals surface area contributed by atoms with Gasteiger partial charge in [0.2, 0.25) is 0 Å². The molecule has 1 aliphatic carbocycles. The largest absolute Gasteiger partial charge is 0.490 e. The van der Waals surface area contributed by atoms with Gasteiger partial charge in [-0.05, 0) is 86.8 Å². The van der Waals surface area contributed by atoms with E-state index in [-0.39, 0.29) is 28.9 Å². The van der Waals surface area contributed by atoms with Crippen molar-refractivity contribution in [2.45, 2.75) is 94.1 Å². The van der Waals surface area contributed by atoms with E-state index in [4.69, 9.17) is 4.74 Å². The van der Waals surface area contributed by atoms with Gasteiger partial charge in [0, 0.05) is 17.9 Å². The molecule has 2 aromatic carbocycles. The maximum Gasteiger partial charge on any atom is 0.264 e. The third-order valence-corrected chi connectivity index (χ3v) is 11.2. The van der Waals surface area contributed by atoms with Crippen molar-refractivity contribution in [3.05, 3.63) is 53.1 Å². The van der Waals surface area contributed by atoms with Crippen LogP contribution in [0.15, 0.2) is 41.3 Å². The van der Waals surface area contributed by atoms with E-state index in [1.165, 1.54) is 17.9 Å². The van der Waals surface area contributed by atoms with Crippen molar-refractivity contribution in [3.63, 3.8) is 0 Å². The molecule has 1 fully saturated rings. The molecule has 2 aliphatic rings. The lowest BCUT2D eigenvalue weighted by molar-refractivity contribution is 0.151. The summed E-state index contributed by atoms with van der Waals surface area (Å²) >= 11 is 0. The van der Waals surface area contributed by atoms with E-state index in [9.17, 15) is 21.9 Å². The molecular formula is C27H37NO6S2. The number of rotatable bonds is 8. The van der Waals surface area contributed by atoms with Crippen LogP contribution in [0.2, 0.25) is 0 Å². The van der Waals surface area contributed by atoms with Gasteiger partial charge in [-0.1, -0.05) is 26.0 Å². The van der Waals surface area contributed by atoms with E-state index < -0.39 is 19.9 Å². The van der Waals surface area contributed by atoms with Gasteiger partial charge in [0.1, 0.15) is 15.6 Å². The van der Waals surface area contributed by atoms with Crippen LogP contribution in [-0.2, 0) is 39.3 Å². The number of aliphatic hydroxyl groups excluding tert-OH is 1. The summed E-state index contributed by atoms with van der Waals surface area (Å²) in [5.74, 6) is 0.443. The number of sulfone groups is 1. The molecule has 4 rings (SSSR count). The Balaban J connectivity index is 1.60. The SMILES string of the molecule is CCc1ccc2c(c1)CCC(CC)N2S(=O)(=O)c1ccc(OC2CCC(S(C)(=O)=O)CC2)c(CO)c1. The molecule has 1 unspecified atom stereocenters. The summed E-state index contributed by atoms with van der Waals surface area (Å²) in [5.41, 5.74) is 3.39. The van der Waals surface area contributed by atoms with Crippen molar-refractivity contribution in [2.75, 3.05) is 10.6 Å². The highest BCUT2D eigenvalue weighted by molar-refractivity contribution is 7.93. The second-order valence-electron chi connectivity index (χ2n) is 9.99. The summed E-state index contributed by atoms with van der Waals surface area (Å²) in [7, 11) is -6.93. The van der Waals surface area contributed by atoms with Gasteiger partial charge in [-0.15, -0.1) is 0 Å². The molecule has 0 saturated heterocycles. The van der Waals surface area contributed by atoms with E-state index >= 15 is 0 Å². The number of aryl methyl sites for hydroxylation is 2. The van der Waals surface area contributed by atoms with Crippen LogP contribution >= 0.6 is 0 Å². The predicted octanol–water partition coefficient (Wildman–Crippen LogP) is 4.40.